The van der Waals surface area contributed by atoms with Gasteiger partial charge in [0.15, 0.2) is 0 Å². The molecule has 0 aliphatic rings. The number of hydrogen-bond acceptors (Lipinski definition) is 7. The molecule has 0 aliphatic heterocycles. The lowest BCUT2D eigenvalue weighted by Gasteiger charge is -2.12. The van der Waals surface area contributed by atoms with Gasteiger partial charge in [0.2, 0.25) is 5.88 Å². The number of aryl methyl sites for hydroxylation is 1. The Hall–Kier alpha value is -5.89. The van der Waals surface area contributed by atoms with Crippen LogP contribution in [0.5, 0.6) is 5.88 Å². The van der Waals surface area contributed by atoms with Gasteiger partial charge >= 0.3 is 5.97 Å². The number of pyridine rings is 1. The summed E-state index contributed by atoms with van der Waals surface area (Å²) in [6.45, 7) is 3.03. The Balaban J connectivity index is 1.27. The van der Waals surface area contributed by atoms with Crippen molar-refractivity contribution in [3.05, 3.63) is 130 Å². The van der Waals surface area contributed by atoms with Gasteiger partial charge in [-0.15, -0.1) is 0 Å². The fourth-order valence-corrected chi connectivity index (χ4v) is 5.23. The SMILES string of the molecule is CCn1nccc1Cn1c(Cc2ccc(-c3cccc(OCc4ccc(C#N)cc4F)n3)cc2F)nc2ccc(C(=O)OC)cc21. The summed E-state index contributed by atoms with van der Waals surface area (Å²) in [7, 11) is 1.33. The van der Waals surface area contributed by atoms with Gasteiger partial charge in [0.05, 0.1) is 53.3 Å². The lowest BCUT2D eigenvalue weighted by atomic mass is 10.1. The summed E-state index contributed by atoms with van der Waals surface area (Å²) in [5, 5.41) is 13.3. The minimum absolute atomic E-state index is 0.0809. The minimum atomic E-state index is -0.540. The van der Waals surface area contributed by atoms with Crippen molar-refractivity contribution in [3.63, 3.8) is 0 Å². The van der Waals surface area contributed by atoms with Crippen molar-refractivity contribution in [3.8, 4) is 23.2 Å². The number of carbonyl (C=O) groups is 1. The summed E-state index contributed by atoms with van der Waals surface area (Å²) in [4.78, 5) is 21.6. The van der Waals surface area contributed by atoms with E-state index in [4.69, 9.17) is 19.7 Å². The van der Waals surface area contributed by atoms with Crippen LogP contribution in [0.2, 0.25) is 0 Å². The number of ether oxygens (including phenoxy) is 2. The first-order valence-corrected chi connectivity index (χ1v) is 14.5. The molecule has 3 aromatic heterocycles. The van der Waals surface area contributed by atoms with Crippen molar-refractivity contribution in [2.24, 2.45) is 0 Å². The van der Waals surface area contributed by atoms with Gasteiger partial charge < -0.3 is 14.0 Å². The van der Waals surface area contributed by atoms with Crippen LogP contribution in [0.3, 0.4) is 0 Å². The molecule has 0 N–H and O–H groups in total. The zero-order valence-electron chi connectivity index (χ0n) is 25.1. The molecule has 0 saturated heterocycles. The molecular weight excluding hydrogens is 590 g/mol. The molecule has 6 aromatic rings. The Labute approximate surface area is 263 Å². The Morgan fingerprint density at radius 2 is 1.78 bits per heavy atom. The maximum absolute atomic E-state index is 15.7. The predicted molar refractivity (Wildman–Crippen MR) is 166 cm³/mol. The first-order valence-electron chi connectivity index (χ1n) is 14.5. The summed E-state index contributed by atoms with van der Waals surface area (Å²) in [6.07, 6.45) is 1.93. The molecule has 9 nitrogen and oxygen atoms in total. The molecule has 0 saturated carbocycles. The molecule has 6 rings (SSSR count). The standard InChI is InChI=1S/C35H28F2N6O3/c1-3-43-27(13-14-39-43)20-42-32-17-25(35(44)45-2)11-12-31(32)40-33(42)18-23-9-10-24(16-29(23)37)30-5-4-6-34(41-30)46-21-26-8-7-22(19-38)15-28(26)36/h4-17H,3,18,20-21H2,1-2H3. The van der Waals surface area contributed by atoms with Crippen molar-refractivity contribution < 1.29 is 23.0 Å². The van der Waals surface area contributed by atoms with E-state index in [0.717, 1.165) is 17.3 Å². The first kappa shape index (κ1) is 30.1. The lowest BCUT2D eigenvalue weighted by molar-refractivity contribution is 0.0601. The number of rotatable bonds is 10. The van der Waals surface area contributed by atoms with Crippen LogP contribution >= 0.6 is 0 Å². The number of benzene rings is 3. The van der Waals surface area contributed by atoms with Gasteiger partial charge in [-0.3, -0.25) is 4.68 Å². The average molecular weight is 619 g/mol. The molecule has 0 atom stereocenters. The highest BCUT2D eigenvalue weighted by Crippen LogP contribution is 2.27. The normalized spacial score (nSPS) is 11.0. The lowest BCUT2D eigenvalue weighted by Crippen LogP contribution is -2.11. The highest BCUT2D eigenvalue weighted by Gasteiger charge is 2.18. The molecule has 0 spiro atoms. The molecule has 0 bridgehead atoms. The zero-order chi connectivity index (χ0) is 32.2. The van der Waals surface area contributed by atoms with E-state index in [1.807, 2.05) is 28.3 Å². The number of fused-ring (bicyclic) bond motifs is 1. The topological polar surface area (TPSA) is 108 Å². The smallest absolute Gasteiger partial charge is 0.337 e. The molecular formula is C35H28F2N6O3. The second kappa shape index (κ2) is 13.0. The number of methoxy groups -OCH3 is 1. The highest BCUT2D eigenvalue weighted by molar-refractivity contribution is 5.93. The summed E-state index contributed by atoms with van der Waals surface area (Å²) >= 11 is 0. The van der Waals surface area contributed by atoms with Gasteiger partial charge in [-0.1, -0.05) is 24.3 Å². The quantitative estimate of drug-likeness (QED) is 0.162. The molecule has 0 radical (unpaired) electrons. The van der Waals surface area contributed by atoms with Crippen LogP contribution in [0, 0.1) is 23.0 Å². The van der Waals surface area contributed by atoms with Crippen LogP contribution in [0.1, 0.15) is 45.5 Å². The van der Waals surface area contributed by atoms with E-state index in [-0.39, 0.29) is 30.0 Å². The molecule has 0 amide bonds. The van der Waals surface area contributed by atoms with Gasteiger partial charge in [0.25, 0.3) is 0 Å². The van der Waals surface area contributed by atoms with E-state index in [1.165, 1.54) is 25.3 Å². The Morgan fingerprint density at radius 3 is 2.54 bits per heavy atom. The maximum Gasteiger partial charge on any atom is 0.337 e. The van der Waals surface area contributed by atoms with Crippen molar-refractivity contribution in [2.75, 3.05) is 7.11 Å². The molecule has 3 aromatic carbocycles. The minimum Gasteiger partial charge on any atom is -0.473 e. The van der Waals surface area contributed by atoms with E-state index in [9.17, 15) is 9.18 Å². The summed E-state index contributed by atoms with van der Waals surface area (Å²) < 4.78 is 44.4. The second-order valence-electron chi connectivity index (χ2n) is 10.5. The van der Waals surface area contributed by atoms with Crippen LogP contribution in [0.4, 0.5) is 8.78 Å². The Kier molecular flexibility index (Phi) is 8.52. The number of aromatic nitrogens is 5. The largest absolute Gasteiger partial charge is 0.473 e. The Morgan fingerprint density at radius 1 is 0.957 bits per heavy atom. The van der Waals surface area contributed by atoms with Gasteiger partial charge in [-0.2, -0.15) is 10.4 Å². The summed E-state index contributed by atoms with van der Waals surface area (Å²) in [6, 6.07) is 23.1. The summed E-state index contributed by atoms with van der Waals surface area (Å²) in [5.41, 5.74) is 4.69. The molecule has 11 heteroatoms. The van der Waals surface area contributed by atoms with Gasteiger partial charge in [-0.25, -0.2) is 23.5 Å². The predicted octanol–water partition coefficient (Wildman–Crippen LogP) is 6.47. The van der Waals surface area contributed by atoms with E-state index in [2.05, 4.69) is 10.1 Å². The van der Waals surface area contributed by atoms with Crippen molar-refractivity contribution in [1.82, 2.24) is 24.3 Å². The van der Waals surface area contributed by atoms with E-state index >= 15 is 4.39 Å². The van der Waals surface area contributed by atoms with E-state index in [1.54, 1.807) is 54.7 Å². The third kappa shape index (κ3) is 6.19. The molecule has 3 heterocycles. The number of hydrogen-bond donors (Lipinski definition) is 0. The van der Waals surface area contributed by atoms with Gasteiger partial charge in [0.1, 0.15) is 24.1 Å². The number of nitrogens with zero attached hydrogens (tertiary/aromatic N) is 6. The zero-order valence-corrected chi connectivity index (χ0v) is 25.1. The first-order chi connectivity index (χ1) is 22.4. The van der Waals surface area contributed by atoms with Crippen LogP contribution in [-0.2, 0) is 30.9 Å². The number of esters is 1. The molecule has 0 aliphatic carbocycles. The maximum atomic E-state index is 15.7. The third-order valence-corrected chi connectivity index (χ3v) is 7.65. The monoisotopic (exact) mass is 618 g/mol. The number of halogens is 2. The van der Waals surface area contributed by atoms with E-state index in [0.29, 0.717) is 46.8 Å². The Bertz CT molecular complexity index is 2110. The number of carbonyl (C=O) groups excluding carboxylic acids is 1. The van der Waals surface area contributed by atoms with Crippen LogP contribution in [0.15, 0.2) is 85.1 Å². The van der Waals surface area contributed by atoms with Crippen LogP contribution in [-0.4, -0.2) is 37.4 Å². The van der Waals surface area contributed by atoms with E-state index < -0.39 is 17.6 Å². The molecule has 0 unspecified atom stereocenters. The van der Waals surface area contributed by atoms with Crippen LogP contribution < -0.4 is 4.74 Å². The van der Waals surface area contributed by atoms with Crippen molar-refractivity contribution >= 4 is 17.0 Å². The second-order valence-corrected chi connectivity index (χ2v) is 10.5. The third-order valence-electron chi connectivity index (χ3n) is 7.65. The van der Waals surface area contributed by atoms with Crippen LogP contribution in [0.25, 0.3) is 22.3 Å². The summed E-state index contributed by atoms with van der Waals surface area (Å²) in [5.74, 6) is -0.562. The fraction of sp³-hybridized carbons (Fsp3) is 0.171. The molecule has 46 heavy (non-hydrogen) atoms. The van der Waals surface area contributed by atoms with Gasteiger partial charge in [-0.05, 0) is 61.0 Å². The number of imidazole rings is 1. The fourth-order valence-electron chi connectivity index (χ4n) is 5.23. The van der Waals surface area contributed by atoms with Crippen molar-refractivity contribution in [2.45, 2.75) is 33.0 Å². The van der Waals surface area contributed by atoms with Gasteiger partial charge in [0, 0.05) is 36.4 Å². The average Bonchev–Trinajstić information content (AvgIpc) is 3.68. The molecule has 230 valence electrons. The van der Waals surface area contributed by atoms with Crippen molar-refractivity contribution in [1.29, 1.82) is 5.26 Å². The highest BCUT2D eigenvalue weighted by atomic mass is 19.1. The number of nitriles is 1. The molecule has 0 fully saturated rings.